The number of rotatable bonds is 6. The number of carbonyl (C=O) groups is 2. The summed E-state index contributed by atoms with van der Waals surface area (Å²) in [5.41, 5.74) is 2.56. The zero-order valence-corrected chi connectivity index (χ0v) is 22.9. The van der Waals surface area contributed by atoms with Gasteiger partial charge in [0.05, 0.1) is 0 Å². The van der Waals surface area contributed by atoms with Crippen LogP contribution in [0.2, 0.25) is 0 Å². The van der Waals surface area contributed by atoms with Crippen LogP contribution in [0.4, 0.5) is 0 Å². The number of carbonyl (C=O) groups excluding carboxylic acids is 2. The van der Waals surface area contributed by atoms with Crippen LogP contribution < -0.4 is 0 Å². The second kappa shape index (κ2) is 8.34. The van der Waals surface area contributed by atoms with E-state index in [2.05, 4.69) is 54.5 Å². The first-order chi connectivity index (χ1) is 15.3. The fourth-order valence-corrected chi connectivity index (χ4v) is 9.62. The highest BCUT2D eigenvalue weighted by molar-refractivity contribution is 5.85. The summed E-state index contributed by atoms with van der Waals surface area (Å²) in [4.78, 5) is 24.5. The molecule has 2 heteroatoms. The maximum absolute atomic E-state index is 12.8. The maximum atomic E-state index is 12.8. The zero-order chi connectivity index (χ0) is 24.4. The molecule has 4 aliphatic carbocycles. The molecule has 0 bridgehead atoms. The molecule has 186 valence electrons. The van der Waals surface area contributed by atoms with Gasteiger partial charge in [-0.05, 0) is 91.8 Å². The van der Waals surface area contributed by atoms with Gasteiger partial charge in [0, 0.05) is 17.8 Å². The van der Waals surface area contributed by atoms with Crippen LogP contribution >= 0.6 is 0 Å². The summed E-state index contributed by atoms with van der Waals surface area (Å²) in [7, 11) is 0. The molecule has 0 aromatic heterocycles. The molecule has 8 unspecified atom stereocenters. The van der Waals surface area contributed by atoms with Gasteiger partial charge in [-0.25, -0.2) is 0 Å². The molecule has 2 nitrogen and oxygen atoms in total. The minimum Gasteiger partial charge on any atom is -0.300 e. The van der Waals surface area contributed by atoms with Gasteiger partial charge < -0.3 is 0 Å². The first-order valence-corrected chi connectivity index (χ1v) is 14.0. The standard InChI is InChI=1S/C31H50O2/c1-20(22(3)32)10-9-11-21(2)23-14-18-31(8)25-12-13-26-28(4,5)27(33)16-17-29(26,6)24(25)15-19-30(23,31)7/h12,20-21,23-24,26H,9-11,13-19H2,1-8H3. The molecule has 33 heavy (non-hydrogen) atoms. The Labute approximate surface area is 203 Å². The SMILES string of the molecule is CC(=O)C(C)CCCC(C)C1CCC2(C)C3=CCC4C(C)(C)C(=O)CCC4(C)C3CCC12C. The monoisotopic (exact) mass is 454 g/mol. The van der Waals surface area contributed by atoms with Gasteiger partial charge >= 0.3 is 0 Å². The molecule has 8 atom stereocenters. The van der Waals surface area contributed by atoms with Crippen molar-refractivity contribution >= 4 is 11.6 Å². The Bertz CT molecular complexity index is 836. The minimum absolute atomic E-state index is 0.180. The summed E-state index contributed by atoms with van der Waals surface area (Å²) < 4.78 is 0. The number of Topliss-reactive ketones (excluding diaryl/α,β-unsaturated/α-hetero) is 2. The van der Waals surface area contributed by atoms with Crippen molar-refractivity contribution in [3.05, 3.63) is 11.6 Å². The van der Waals surface area contributed by atoms with E-state index < -0.39 is 0 Å². The molecule has 3 fully saturated rings. The van der Waals surface area contributed by atoms with Crippen molar-refractivity contribution in [2.45, 2.75) is 120 Å². The smallest absolute Gasteiger partial charge is 0.138 e. The van der Waals surface area contributed by atoms with Crippen LogP contribution in [0.1, 0.15) is 120 Å². The molecule has 0 heterocycles. The molecule has 0 aromatic carbocycles. The van der Waals surface area contributed by atoms with Crippen molar-refractivity contribution < 1.29 is 9.59 Å². The molecule has 0 N–H and O–H groups in total. The average molecular weight is 455 g/mol. The number of allylic oxidation sites excluding steroid dienone is 2. The molecule has 0 aliphatic heterocycles. The summed E-state index contributed by atoms with van der Waals surface area (Å²) in [5.74, 6) is 3.70. The van der Waals surface area contributed by atoms with Crippen molar-refractivity contribution in [1.82, 2.24) is 0 Å². The van der Waals surface area contributed by atoms with Gasteiger partial charge in [0.25, 0.3) is 0 Å². The van der Waals surface area contributed by atoms with Gasteiger partial charge in [0.15, 0.2) is 0 Å². The average Bonchev–Trinajstić information content (AvgIpc) is 3.02. The highest BCUT2D eigenvalue weighted by atomic mass is 16.1. The van der Waals surface area contributed by atoms with Crippen LogP contribution in [0.25, 0.3) is 0 Å². The Morgan fingerprint density at radius 1 is 1.03 bits per heavy atom. The molecular weight excluding hydrogens is 404 g/mol. The fourth-order valence-electron chi connectivity index (χ4n) is 9.62. The molecule has 4 aliphatic rings. The molecule has 0 aromatic rings. The van der Waals surface area contributed by atoms with Crippen LogP contribution in [0.15, 0.2) is 11.6 Å². The number of ketones is 2. The third kappa shape index (κ3) is 3.63. The molecule has 0 radical (unpaired) electrons. The highest BCUT2D eigenvalue weighted by Crippen LogP contribution is 2.73. The summed E-state index contributed by atoms with van der Waals surface area (Å²) in [5, 5.41) is 0. The normalized spacial score (nSPS) is 43.7. The quantitative estimate of drug-likeness (QED) is 0.379. The van der Waals surface area contributed by atoms with Crippen LogP contribution in [0.3, 0.4) is 0 Å². The summed E-state index contributed by atoms with van der Waals surface area (Å²) >= 11 is 0. The molecular formula is C31H50O2. The third-order valence-corrected chi connectivity index (χ3v) is 12.3. The first-order valence-electron chi connectivity index (χ1n) is 14.0. The van der Waals surface area contributed by atoms with Crippen molar-refractivity contribution in [2.75, 3.05) is 0 Å². The topological polar surface area (TPSA) is 34.1 Å². The van der Waals surface area contributed by atoms with Crippen molar-refractivity contribution in [2.24, 2.45) is 51.2 Å². The Kier molecular flexibility index (Phi) is 6.36. The molecule has 3 saturated carbocycles. The van der Waals surface area contributed by atoms with Crippen molar-refractivity contribution in [1.29, 1.82) is 0 Å². The van der Waals surface area contributed by atoms with E-state index in [0.717, 1.165) is 37.5 Å². The molecule has 4 rings (SSSR count). The summed E-state index contributed by atoms with van der Waals surface area (Å²) in [6.07, 6.45) is 14.4. The van der Waals surface area contributed by atoms with Gasteiger partial charge in [-0.2, -0.15) is 0 Å². The van der Waals surface area contributed by atoms with E-state index in [1.54, 1.807) is 12.5 Å². The maximum Gasteiger partial charge on any atom is 0.138 e. The third-order valence-electron chi connectivity index (χ3n) is 12.3. The van der Waals surface area contributed by atoms with Crippen LogP contribution in [0.5, 0.6) is 0 Å². The van der Waals surface area contributed by atoms with E-state index >= 15 is 0 Å². The lowest BCUT2D eigenvalue weighted by Crippen LogP contribution is -2.57. The predicted octanol–water partition coefficient (Wildman–Crippen LogP) is 8.19. The van der Waals surface area contributed by atoms with Crippen LogP contribution in [-0.4, -0.2) is 11.6 Å². The van der Waals surface area contributed by atoms with E-state index in [1.807, 2.05) is 0 Å². The Balaban J connectivity index is 1.56. The van der Waals surface area contributed by atoms with Gasteiger partial charge in [-0.15, -0.1) is 0 Å². The van der Waals surface area contributed by atoms with E-state index in [0.29, 0.717) is 34.2 Å². The largest absolute Gasteiger partial charge is 0.300 e. The second-order valence-corrected chi connectivity index (χ2v) is 14.0. The minimum atomic E-state index is -0.180. The number of hydrogen-bond acceptors (Lipinski definition) is 2. The van der Waals surface area contributed by atoms with Gasteiger partial charge in [-0.3, -0.25) is 9.59 Å². The number of fused-ring (bicyclic) bond motifs is 5. The summed E-state index contributed by atoms with van der Waals surface area (Å²) in [6, 6.07) is 0. The second-order valence-electron chi connectivity index (χ2n) is 14.0. The zero-order valence-electron chi connectivity index (χ0n) is 22.9. The lowest BCUT2D eigenvalue weighted by atomic mass is 9.41. The van der Waals surface area contributed by atoms with Gasteiger partial charge in [-0.1, -0.05) is 73.0 Å². The molecule has 0 amide bonds. The lowest BCUT2D eigenvalue weighted by Gasteiger charge is -2.63. The van der Waals surface area contributed by atoms with Crippen LogP contribution in [-0.2, 0) is 9.59 Å². The van der Waals surface area contributed by atoms with Crippen LogP contribution in [0, 0.1) is 51.2 Å². The van der Waals surface area contributed by atoms with E-state index in [4.69, 9.17) is 0 Å². The van der Waals surface area contributed by atoms with E-state index in [9.17, 15) is 9.59 Å². The molecule has 0 saturated heterocycles. The van der Waals surface area contributed by atoms with Crippen molar-refractivity contribution in [3.63, 3.8) is 0 Å². The Morgan fingerprint density at radius 2 is 1.73 bits per heavy atom. The van der Waals surface area contributed by atoms with E-state index in [1.165, 1.54) is 38.5 Å². The number of hydrogen-bond donors (Lipinski definition) is 0. The van der Waals surface area contributed by atoms with Crippen molar-refractivity contribution in [3.8, 4) is 0 Å². The Morgan fingerprint density at radius 3 is 2.39 bits per heavy atom. The first kappa shape index (κ1) is 25.2. The highest BCUT2D eigenvalue weighted by Gasteiger charge is 2.65. The molecule has 0 spiro atoms. The predicted molar refractivity (Wildman–Crippen MR) is 137 cm³/mol. The van der Waals surface area contributed by atoms with Gasteiger partial charge in [0.2, 0.25) is 0 Å². The lowest BCUT2D eigenvalue weighted by molar-refractivity contribution is -0.146. The summed E-state index contributed by atoms with van der Waals surface area (Å²) in [6.45, 7) is 18.6. The Hall–Kier alpha value is -0.920. The van der Waals surface area contributed by atoms with Gasteiger partial charge in [0.1, 0.15) is 11.6 Å². The van der Waals surface area contributed by atoms with E-state index in [-0.39, 0.29) is 16.7 Å². The fraction of sp³-hybridized carbons (Fsp3) is 0.871.